The van der Waals surface area contributed by atoms with E-state index in [-0.39, 0.29) is 22.5 Å². The first-order valence-electron chi connectivity index (χ1n) is 12.6. The van der Waals surface area contributed by atoms with Crippen LogP contribution in [0.3, 0.4) is 0 Å². The number of anilines is 3. The molecule has 7 nitrogen and oxygen atoms in total. The van der Waals surface area contributed by atoms with Crippen LogP contribution in [0.15, 0.2) is 59.5 Å². The summed E-state index contributed by atoms with van der Waals surface area (Å²) in [7, 11) is -2.19. The number of fused-ring (bicyclic) bond motifs is 4. The van der Waals surface area contributed by atoms with Crippen molar-refractivity contribution in [2.75, 3.05) is 17.3 Å². The SMILES string of the molecule is CN1[C@H](C2CCCCC2)Nc2cc3c(cc2S1(=O)=O)-c1cc(C(=O)O)ccc1CN3c1ccccc1F. The van der Waals surface area contributed by atoms with Gasteiger partial charge in [0, 0.05) is 19.2 Å². The molecule has 0 unspecified atom stereocenters. The number of benzene rings is 3. The van der Waals surface area contributed by atoms with Gasteiger partial charge < -0.3 is 15.3 Å². The highest BCUT2D eigenvalue weighted by Gasteiger charge is 2.41. The zero-order chi connectivity index (χ0) is 25.9. The van der Waals surface area contributed by atoms with Crippen LogP contribution in [-0.4, -0.2) is 37.0 Å². The molecule has 0 bridgehead atoms. The molecule has 0 amide bonds. The van der Waals surface area contributed by atoms with Gasteiger partial charge in [-0.05, 0) is 66.3 Å². The molecule has 6 rings (SSSR count). The topological polar surface area (TPSA) is 90.0 Å². The first-order chi connectivity index (χ1) is 17.8. The van der Waals surface area contributed by atoms with Crippen molar-refractivity contribution in [1.29, 1.82) is 0 Å². The Morgan fingerprint density at radius 1 is 1.00 bits per heavy atom. The fourth-order valence-corrected chi connectivity index (χ4v) is 7.49. The smallest absolute Gasteiger partial charge is 0.335 e. The predicted octanol–water partition coefficient (Wildman–Crippen LogP) is 5.80. The number of para-hydroxylation sites is 1. The van der Waals surface area contributed by atoms with Crippen LogP contribution in [-0.2, 0) is 16.6 Å². The molecule has 1 atom stereocenters. The Labute approximate surface area is 215 Å². The summed E-state index contributed by atoms with van der Waals surface area (Å²) in [6.45, 7) is 0.320. The maximum atomic E-state index is 15.0. The Kier molecular flexibility index (Phi) is 5.72. The summed E-state index contributed by atoms with van der Waals surface area (Å²) in [6.07, 6.45) is 4.90. The van der Waals surface area contributed by atoms with Crippen molar-refractivity contribution in [3.63, 3.8) is 0 Å². The van der Waals surface area contributed by atoms with Crippen molar-refractivity contribution >= 4 is 33.1 Å². The Morgan fingerprint density at radius 3 is 2.49 bits per heavy atom. The molecule has 1 saturated carbocycles. The van der Waals surface area contributed by atoms with Crippen LogP contribution in [0.2, 0.25) is 0 Å². The lowest BCUT2D eigenvalue weighted by Gasteiger charge is -2.42. The van der Waals surface area contributed by atoms with Crippen LogP contribution < -0.4 is 10.2 Å². The molecule has 2 N–H and O–H groups in total. The fourth-order valence-electron chi connectivity index (χ4n) is 5.99. The van der Waals surface area contributed by atoms with Crippen LogP contribution in [0.1, 0.15) is 48.0 Å². The van der Waals surface area contributed by atoms with Crippen molar-refractivity contribution in [1.82, 2.24) is 4.31 Å². The maximum absolute atomic E-state index is 15.0. The van der Waals surface area contributed by atoms with Crippen LogP contribution in [0.25, 0.3) is 11.1 Å². The van der Waals surface area contributed by atoms with Gasteiger partial charge in [-0.1, -0.05) is 37.5 Å². The van der Waals surface area contributed by atoms with Gasteiger partial charge in [-0.3, -0.25) is 0 Å². The molecule has 3 aromatic rings. The van der Waals surface area contributed by atoms with Crippen LogP contribution in [0, 0.1) is 11.7 Å². The molecular weight excluding hydrogens is 493 g/mol. The number of aromatic carboxylic acids is 1. The van der Waals surface area contributed by atoms with Crippen LogP contribution in [0.4, 0.5) is 21.5 Å². The van der Waals surface area contributed by atoms with E-state index in [2.05, 4.69) is 5.32 Å². The summed E-state index contributed by atoms with van der Waals surface area (Å²) in [5.74, 6) is -1.25. The van der Waals surface area contributed by atoms with Gasteiger partial charge in [-0.15, -0.1) is 0 Å². The molecule has 37 heavy (non-hydrogen) atoms. The zero-order valence-corrected chi connectivity index (χ0v) is 21.3. The quantitative estimate of drug-likeness (QED) is 0.453. The van der Waals surface area contributed by atoms with Gasteiger partial charge in [-0.25, -0.2) is 17.6 Å². The van der Waals surface area contributed by atoms with E-state index in [4.69, 9.17) is 0 Å². The molecule has 2 aliphatic heterocycles. The van der Waals surface area contributed by atoms with E-state index in [1.165, 1.54) is 22.9 Å². The number of nitrogens with one attached hydrogen (secondary N) is 1. The molecule has 2 heterocycles. The second-order valence-electron chi connectivity index (χ2n) is 10.1. The predicted molar refractivity (Wildman–Crippen MR) is 140 cm³/mol. The summed E-state index contributed by atoms with van der Waals surface area (Å²) in [5, 5.41) is 13.1. The minimum atomic E-state index is -3.81. The number of rotatable bonds is 3. The van der Waals surface area contributed by atoms with E-state index in [1.807, 2.05) is 4.90 Å². The highest BCUT2D eigenvalue weighted by Crippen LogP contribution is 2.49. The van der Waals surface area contributed by atoms with Crippen LogP contribution >= 0.6 is 0 Å². The summed E-state index contributed by atoms with van der Waals surface area (Å²) in [4.78, 5) is 13.7. The van der Waals surface area contributed by atoms with Gasteiger partial charge >= 0.3 is 5.97 Å². The van der Waals surface area contributed by atoms with Gasteiger partial charge in [0.1, 0.15) is 10.7 Å². The molecule has 192 valence electrons. The molecule has 3 aliphatic rings. The third-order valence-electron chi connectivity index (χ3n) is 7.96. The minimum absolute atomic E-state index is 0.109. The monoisotopic (exact) mass is 521 g/mol. The average Bonchev–Trinajstić information content (AvgIpc) is 2.90. The third-order valence-corrected chi connectivity index (χ3v) is 9.83. The lowest BCUT2D eigenvalue weighted by atomic mass is 9.86. The molecule has 3 aromatic carbocycles. The zero-order valence-electron chi connectivity index (χ0n) is 20.4. The number of hydrogen-bond acceptors (Lipinski definition) is 5. The second-order valence-corrected chi connectivity index (χ2v) is 12.1. The van der Waals surface area contributed by atoms with E-state index >= 15 is 0 Å². The molecule has 0 saturated heterocycles. The minimum Gasteiger partial charge on any atom is -0.478 e. The maximum Gasteiger partial charge on any atom is 0.335 e. The highest BCUT2D eigenvalue weighted by atomic mass is 32.2. The molecule has 0 spiro atoms. The lowest BCUT2D eigenvalue weighted by molar-refractivity contribution is 0.0697. The molecular formula is C28H28FN3O4S. The van der Waals surface area contributed by atoms with Crippen LogP contribution in [0.5, 0.6) is 0 Å². The number of sulfonamides is 1. The lowest BCUT2D eigenvalue weighted by Crippen LogP contribution is -2.50. The van der Waals surface area contributed by atoms with Crippen molar-refractivity contribution in [2.24, 2.45) is 5.92 Å². The van der Waals surface area contributed by atoms with E-state index in [9.17, 15) is 22.7 Å². The molecule has 1 fully saturated rings. The van der Waals surface area contributed by atoms with E-state index in [0.29, 0.717) is 34.7 Å². The van der Waals surface area contributed by atoms with E-state index < -0.39 is 21.8 Å². The van der Waals surface area contributed by atoms with Crippen molar-refractivity contribution < 1.29 is 22.7 Å². The normalized spacial score (nSPS) is 20.9. The number of halogens is 1. The van der Waals surface area contributed by atoms with E-state index in [1.54, 1.807) is 49.5 Å². The number of nitrogens with zero attached hydrogens (tertiary/aromatic N) is 2. The summed E-state index contributed by atoms with van der Waals surface area (Å²) in [6, 6.07) is 14.7. The number of carboxylic acids is 1. The molecule has 0 radical (unpaired) electrons. The van der Waals surface area contributed by atoms with Crippen molar-refractivity contribution in [2.45, 2.75) is 49.7 Å². The third kappa shape index (κ3) is 3.88. The van der Waals surface area contributed by atoms with Gasteiger partial charge in [-0.2, -0.15) is 4.31 Å². The fraction of sp³-hybridized carbons (Fsp3) is 0.321. The van der Waals surface area contributed by atoms with Gasteiger partial charge in [0.25, 0.3) is 0 Å². The molecule has 0 aromatic heterocycles. The standard InChI is InChI=1S/C28H28FN3O4S/c1-31-27(17-7-3-2-4-8-17)30-23-15-25-21(14-26(23)37(31,35)36)20-13-18(28(33)34)11-12-19(20)16-32(25)24-10-6-5-9-22(24)29/h5-6,9-15,17,27,30H,2-4,7-8,16H2,1H3,(H,33,34)/t27-/m1/s1. The summed E-state index contributed by atoms with van der Waals surface area (Å²) in [5.41, 5.74) is 3.59. The first-order valence-corrected chi connectivity index (χ1v) is 14.0. The second kappa shape index (κ2) is 8.85. The van der Waals surface area contributed by atoms with Crippen molar-refractivity contribution in [3.8, 4) is 11.1 Å². The Balaban J connectivity index is 1.56. The molecule has 1 aliphatic carbocycles. The van der Waals surface area contributed by atoms with Crippen molar-refractivity contribution in [3.05, 3.63) is 71.5 Å². The Hall–Kier alpha value is -3.43. The first kappa shape index (κ1) is 23.9. The number of carboxylic acid groups (broad SMARTS) is 1. The summed E-state index contributed by atoms with van der Waals surface area (Å²) < 4.78 is 43.9. The number of hydrogen-bond donors (Lipinski definition) is 2. The molecule has 9 heteroatoms. The largest absolute Gasteiger partial charge is 0.478 e. The van der Waals surface area contributed by atoms with Gasteiger partial charge in [0.05, 0.1) is 28.8 Å². The number of carbonyl (C=O) groups is 1. The Morgan fingerprint density at radius 2 is 1.76 bits per heavy atom. The average molecular weight is 522 g/mol. The highest BCUT2D eigenvalue weighted by molar-refractivity contribution is 7.89. The van der Waals surface area contributed by atoms with E-state index in [0.717, 1.165) is 31.2 Å². The Bertz CT molecular complexity index is 1520. The van der Waals surface area contributed by atoms with Gasteiger partial charge in [0.15, 0.2) is 0 Å². The summed E-state index contributed by atoms with van der Waals surface area (Å²) >= 11 is 0. The van der Waals surface area contributed by atoms with Gasteiger partial charge in [0.2, 0.25) is 10.0 Å².